The molecule has 5 nitrogen and oxygen atoms in total. The van der Waals surface area contributed by atoms with Crippen molar-refractivity contribution >= 4 is 29.1 Å². The van der Waals surface area contributed by atoms with Gasteiger partial charge in [-0.05, 0) is 48.4 Å². The Balaban J connectivity index is 1.59. The van der Waals surface area contributed by atoms with Crippen molar-refractivity contribution in [2.75, 3.05) is 18.6 Å². The lowest BCUT2D eigenvalue weighted by atomic mass is 10.1. The van der Waals surface area contributed by atoms with E-state index in [2.05, 4.69) is 5.32 Å². The van der Waals surface area contributed by atoms with Crippen molar-refractivity contribution < 1.29 is 14.3 Å². The predicted octanol–water partition coefficient (Wildman–Crippen LogP) is 3.02. The highest BCUT2D eigenvalue weighted by Crippen LogP contribution is 2.26. The van der Waals surface area contributed by atoms with E-state index in [-0.39, 0.29) is 11.8 Å². The van der Waals surface area contributed by atoms with Crippen LogP contribution in [0.15, 0.2) is 48.5 Å². The van der Waals surface area contributed by atoms with Gasteiger partial charge in [0.15, 0.2) is 0 Å². The van der Waals surface area contributed by atoms with Crippen LogP contribution in [-0.4, -0.2) is 25.5 Å². The number of carbonyl (C=O) groups excluding carboxylic acids is 2. The largest absolute Gasteiger partial charge is 0.497 e. The number of nitrogens with zero attached hydrogens (tertiary/aromatic N) is 1. The molecule has 1 saturated heterocycles. The molecule has 1 N–H and O–H groups in total. The van der Waals surface area contributed by atoms with Crippen molar-refractivity contribution in [3.63, 3.8) is 0 Å². The van der Waals surface area contributed by atoms with Gasteiger partial charge in [0.05, 0.1) is 7.11 Å². The van der Waals surface area contributed by atoms with Gasteiger partial charge in [-0.1, -0.05) is 23.7 Å². The SMILES string of the molecule is COc1ccc(CNC(=O)C2CCN(c3ccc(Cl)cc3)C2=O)cc1. The van der Waals surface area contributed by atoms with Gasteiger partial charge in [-0.2, -0.15) is 0 Å². The second-order valence-electron chi connectivity index (χ2n) is 5.87. The molecule has 1 unspecified atom stereocenters. The van der Waals surface area contributed by atoms with E-state index in [4.69, 9.17) is 16.3 Å². The molecule has 1 aliphatic heterocycles. The van der Waals surface area contributed by atoms with Crippen molar-refractivity contribution in [2.24, 2.45) is 5.92 Å². The molecule has 1 aliphatic rings. The van der Waals surface area contributed by atoms with E-state index < -0.39 is 5.92 Å². The number of hydrogen-bond acceptors (Lipinski definition) is 3. The lowest BCUT2D eigenvalue weighted by Crippen LogP contribution is -2.36. The second-order valence-corrected chi connectivity index (χ2v) is 6.31. The highest BCUT2D eigenvalue weighted by Gasteiger charge is 2.37. The van der Waals surface area contributed by atoms with E-state index in [1.54, 1.807) is 36.3 Å². The van der Waals surface area contributed by atoms with Crippen LogP contribution in [-0.2, 0) is 16.1 Å². The number of rotatable bonds is 5. The number of hydrogen-bond donors (Lipinski definition) is 1. The van der Waals surface area contributed by atoms with E-state index in [0.29, 0.717) is 24.5 Å². The Morgan fingerprint density at radius 1 is 1.20 bits per heavy atom. The Labute approximate surface area is 151 Å². The highest BCUT2D eigenvalue weighted by atomic mass is 35.5. The molecule has 2 amide bonds. The average Bonchev–Trinajstić information content (AvgIpc) is 3.02. The van der Waals surface area contributed by atoms with Crippen molar-refractivity contribution in [1.82, 2.24) is 5.32 Å². The zero-order valence-electron chi connectivity index (χ0n) is 13.9. The molecule has 0 aromatic heterocycles. The third-order valence-corrected chi connectivity index (χ3v) is 4.54. The molecule has 0 aliphatic carbocycles. The van der Waals surface area contributed by atoms with E-state index in [9.17, 15) is 9.59 Å². The van der Waals surface area contributed by atoms with Crippen LogP contribution in [0.1, 0.15) is 12.0 Å². The Morgan fingerprint density at radius 3 is 2.52 bits per heavy atom. The third kappa shape index (κ3) is 3.94. The number of anilines is 1. The van der Waals surface area contributed by atoms with Gasteiger partial charge in [0.1, 0.15) is 11.7 Å². The Kier molecular flexibility index (Phi) is 5.24. The van der Waals surface area contributed by atoms with Crippen molar-refractivity contribution in [3.8, 4) is 5.75 Å². The molecule has 25 heavy (non-hydrogen) atoms. The fourth-order valence-electron chi connectivity index (χ4n) is 2.86. The maximum Gasteiger partial charge on any atom is 0.239 e. The summed E-state index contributed by atoms with van der Waals surface area (Å²) in [6.07, 6.45) is 0.510. The zero-order chi connectivity index (χ0) is 17.8. The molecular formula is C19H19ClN2O3. The van der Waals surface area contributed by atoms with Crippen LogP contribution in [0.3, 0.4) is 0 Å². The van der Waals surface area contributed by atoms with Gasteiger partial charge in [0.2, 0.25) is 11.8 Å². The number of halogens is 1. The molecule has 3 rings (SSSR count). The summed E-state index contributed by atoms with van der Waals surface area (Å²) in [7, 11) is 1.61. The first-order valence-corrected chi connectivity index (χ1v) is 8.44. The average molecular weight is 359 g/mol. The van der Waals surface area contributed by atoms with Gasteiger partial charge >= 0.3 is 0 Å². The van der Waals surface area contributed by atoms with Crippen LogP contribution in [0, 0.1) is 5.92 Å². The number of methoxy groups -OCH3 is 1. The maximum atomic E-state index is 12.5. The first-order chi connectivity index (χ1) is 12.1. The van der Waals surface area contributed by atoms with Crippen LogP contribution in [0.5, 0.6) is 5.75 Å². The Morgan fingerprint density at radius 2 is 1.88 bits per heavy atom. The molecule has 2 aromatic carbocycles. The van der Waals surface area contributed by atoms with Gasteiger partial charge in [0, 0.05) is 23.8 Å². The molecular weight excluding hydrogens is 340 g/mol. The van der Waals surface area contributed by atoms with Crippen LogP contribution in [0.25, 0.3) is 0 Å². The predicted molar refractivity (Wildman–Crippen MR) is 96.8 cm³/mol. The van der Waals surface area contributed by atoms with Gasteiger partial charge in [-0.25, -0.2) is 0 Å². The summed E-state index contributed by atoms with van der Waals surface area (Å²) < 4.78 is 5.11. The van der Waals surface area contributed by atoms with Crippen LogP contribution in [0.4, 0.5) is 5.69 Å². The lowest BCUT2D eigenvalue weighted by molar-refractivity contribution is -0.132. The Hall–Kier alpha value is -2.53. The molecule has 1 atom stereocenters. The van der Waals surface area contributed by atoms with Gasteiger partial charge in [-0.15, -0.1) is 0 Å². The smallest absolute Gasteiger partial charge is 0.239 e. The van der Waals surface area contributed by atoms with E-state index in [0.717, 1.165) is 17.0 Å². The summed E-state index contributed by atoms with van der Waals surface area (Å²) in [6.45, 7) is 0.911. The topological polar surface area (TPSA) is 58.6 Å². The standard InChI is InChI=1S/C19H19ClN2O3/c1-25-16-8-2-13(3-9-16)12-21-18(23)17-10-11-22(19(17)24)15-6-4-14(20)5-7-15/h2-9,17H,10-12H2,1H3,(H,21,23). The van der Waals surface area contributed by atoms with Gasteiger partial charge in [0.25, 0.3) is 0 Å². The minimum absolute atomic E-state index is 0.172. The fraction of sp³-hybridized carbons (Fsp3) is 0.263. The van der Waals surface area contributed by atoms with Crippen LogP contribution >= 0.6 is 11.6 Å². The molecule has 130 valence electrons. The van der Waals surface area contributed by atoms with Crippen LogP contribution < -0.4 is 15.0 Å². The first kappa shape index (κ1) is 17.3. The minimum Gasteiger partial charge on any atom is -0.497 e. The number of nitrogens with one attached hydrogen (secondary N) is 1. The fourth-order valence-corrected chi connectivity index (χ4v) is 2.98. The van der Waals surface area contributed by atoms with Crippen LogP contribution in [0.2, 0.25) is 5.02 Å². The molecule has 0 saturated carbocycles. The molecule has 1 heterocycles. The molecule has 6 heteroatoms. The van der Waals surface area contributed by atoms with Gasteiger partial charge < -0.3 is 15.0 Å². The number of carbonyl (C=O) groups is 2. The van der Waals surface area contributed by atoms with E-state index in [1.807, 2.05) is 24.3 Å². The summed E-state index contributed by atoms with van der Waals surface area (Å²) in [5, 5.41) is 3.46. The maximum absolute atomic E-state index is 12.5. The summed E-state index contributed by atoms with van der Waals surface area (Å²) >= 11 is 5.88. The molecule has 2 aromatic rings. The monoisotopic (exact) mass is 358 g/mol. The summed E-state index contributed by atoms with van der Waals surface area (Å²) in [5.41, 5.74) is 1.72. The Bertz CT molecular complexity index is 759. The number of amides is 2. The quantitative estimate of drug-likeness (QED) is 0.836. The highest BCUT2D eigenvalue weighted by molar-refractivity contribution is 6.30. The third-order valence-electron chi connectivity index (χ3n) is 4.29. The van der Waals surface area contributed by atoms with Crippen molar-refractivity contribution in [1.29, 1.82) is 0 Å². The lowest BCUT2D eigenvalue weighted by Gasteiger charge is -2.17. The van der Waals surface area contributed by atoms with Gasteiger partial charge in [-0.3, -0.25) is 9.59 Å². The number of benzene rings is 2. The minimum atomic E-state index is -0.645. The molecule has 1 fully saturated rings. The summed E-state index contributed by atoms with van der Waals surface area (Å²) in [6, 6.07) is 14.5. The second kappa shape index (κ2) is 7.57. The summed E-state index contributed by atoms with van der Waals surface area (Å²) in [5.74, 6) is -0.291. The normalized spacial score (nSPS) is 16.8. The van der Waals surface area contributed by atoms with E-state index >= 15 is 0 Å². The molecule has 0 spiro atoms. The molecule has 0 bridgehead atoms. The summed E-state index contributed by atoms with van der Waals surface area (Å²) in [4.78, 5) is 26.6. The van der Waals surface area contributed by atoms with E-state index in [1.165, 1.54) is 0 Å². The zero-order valence-corrected chi connectivity index (χ0v) is 14.6. The number of ether oxygens (including phenoxy) is 1. The first-order valence-electron chi connectivity index (χ1n) is 8.06. The van der Waals surface area contributed by atoms with Crippen molar-refractivity contribution in [3.05, 3.63) is 59.1 Å². The molecule has 0 radical (unpaired) electrons. The van der Waals surface area contributed by atoms with Crippen molar-refractivity contribution in [2.45, 2.75) is 13.0 Å².